The fraction of sp³-hybridized carbons (Fsp3) is 0.0526. The predicted octanol–water partition coefficient (Wildman–Crippen LogP) is 1.98. The Morgan fingerprint density at radius 1 is 0.929 bits per heavy atom. The molecule has 4 N–H and O–H groups in total. The molecule has 144 valence electrons. The number of carbonyl (C=O) groups is 2. The summed E-state index contributed by atoms with van der Waals surface area (Å²) in [6.45, 7) is 0. The summed E-state index contributed by atoms with van der Waals surface area (Å²) in [5.41, 5.74) is 0.808. The number of Topliss-reactive ketones (excluding diaryl/α,β-unsaturated/α-hetero) is 1. The van der Waals surface area contributed by atoms with E-state index in [0.29, 0.717) is 11.3 Å². The van der Waals surface area contributed by atoms with Crippen LogP contribution in [0.1, 0.15) is 20.9 Å². The number of primary sulfonamides is 1. The van der Waals surface area contributed by atoms with E-state index in [4.69, 9.17) is 9.56 Å². The Morgan fingerprint density at radius 3 is 2.18 bits per heavy atom. The topological polar surface area (TPSA) is 132 Å². The molecule has 0 saturated carbocycles. The van der Waals surface area contributed by atoms with Crippen LogP contribution in [0, 0.1) is 0 Å². The van der Waals surface area contributed by atoms with Crippen LogP contribution in [0.2, 0.25) is 0 Å². The molecule has 0 saturated heterocycles. The van der Waals surface area contributed by atoms with Crippen molar-refractivity contribution in [2.24, 2.45) is 5.14 Å². The van der Waals surface area contributed by atoms with Crippen molar-refractivity contribution < 1.29 is 22.4 Å². The van der Waals surface area contributed by atoms with Crippen LogP contribution in [0.3, 0.4) is 0 Å². The third kappa shape index (κ3) is 4.64. The van der Waals surface area contributed by atoms with E-state index in [2.05, 4.69) is 10.6 Å². The lowest BCUT2D eigenvalue weighted by Gasteiger charge is -2.20. The highest BCUT2D eigenvalue weighted by molar-refractivity contribution is 7.89. The minimum Gasteiger partial charge on any atom is -0.459 e. The van der Waals surface area contributed by atoms with Gasteiger partial charge in [0.25, 0.3) is 5.91 Å². The number of furan rings is 1. The standard InChI is InChI=1S/C19H17N3O5S/c20-28(25,26)15-10-8-14(9-11-15)21-18(17(23)13-5-2-1-3-6-13)22-19(24)16-7-4-12-27-16/h1-12,18,21H,(H,22,24)(H2,20,25,26). The second-order valence-corrected chi connectivity index (χ2v) is 7.39. The van der Waals surface area contributed by atoms with Gasteiger partial charge in [-0.1, -0.05) is 30.3 Å². The van der Waals surface area contributed by atoms with Crippen molar-refractivity contribution >= 4 is 27.4 Å². The molecule has 0 bridgehead atoms. The maximum Gasteiger partial charge on any atom is 0.288 e. The van der Waals surface area contributed by atoms with E-state index in [1.807, 2.05) is 0 Å². The van der Waals surface area contributed by atoms with Gasteiger partial charge in [-0.3, -0.25) is 9.59 Å². The third-order valence-electron chi connectivity index (χ3n) is 3.83. The normalized spacial score (nSPS) is 12.2. The summed E-state index contributed by atoms with van der Waals surface area (Å²) >= 11 is 0. The van der Waals surface area contributed by atoms with E-state index in [-0.39, 0.29) is 16.4 Å². The van der Waals surface area contributed by atoms with Crippen LogP contribution in [0.4, 0.5) is 5.69 Å². The Balaban J connectivity index is 1.85. The molecular weight excluding hydrogens is 382 g/mol. The van der Waals surface area contributed by atoms with Gasteiger partial charge in [-0.15, -0.1) is 0 Å². The summed E-state index contributed by atoms with van der Waals surface area (Å²) in [6.07, 6.45) is 0.239. The molecule has 0 aliphatic rings. The quantitative estimate of drug-likeness (QED) is 0.411. The van der Waals surface area contributed by atoms with Crippen molar-refractivity contribution in [3.05, 3.63) is 84.3 Å². The zero-order chi connectivity index (χ0) is 20.1. The van der Waals surface area contributed by atoms with Gasteiger partial charge in [0.1, 0.15) is 0 Å². The third-order valence-corrected chi connectivity index (χ3v) is 4.76. The Labute approximate surface area is 161 Å². The Kier molecular flexibility index (Phi) is 5.57. The molecule has 28 heavy (non-hydrogen) atoms. The summed E-state index contributed by atoms with van der Waals surface area (Å²) < 4.78 is 27.8. The smallest absolute Gasteiger partial charge is 0.288 e. The number of sulfonamides is 1. The number of ketones is 1. The van der Waals surface area contributed by atoms with Gasteiger partial charge in [-0.2, -0.15) is 0 Å². The lowest BCUT2D eigenvalue weighted by Crippen LogP contribution is -2.46. The van der Waals surface area contributed by atoms with Crippen molar-refractivity contribution in [2.45, 2.75) is 11.1 Å². The van der Waals surface area contributed by atoms with E-state index < -0.39 is 22.1 Å². The number of benzene rings is 2. The van der Waals surface area contributed by atoms with Crippen molar-refractivity contribution in [2.75, 3.05) is 5.32 Å². The summed E-state index contributed by atoms with van der Waals surface area (Å²) in [6, 6.07) is 17.0. The van der Waals surface area contributed by atoms with E-state index in [9.17, 15) is 18.0 Å². The lowest BCUT2D eigenvalue weighted by molar-refractivity contribution is 0.0853. The minimum atomic E-state index is -3.83. The van der Waals surface area contributed by atoms with Crippen LogP contribution in [-0.4, -0.2) is 26.3 Å². The number of carbonyl (C=O) groups excluding carboxylic acids is 2. The second-order valence-electron chi connectivity index (χ2n) is 5.83. The van der Waals surface area contributed by atoms with Gasteiger partial charge in [0.05, 0.1) is 11.2 Å². The highest BCUT2D eigenvalue weighted by atomic mass is 32.2. The number of nitrogens with two attached hydrogens (primary N) is 1. The highest BCUT2D eigenvalue weighted by Gasteiger charge is 2.24. The van der Waals surface area contributed by atoms with Gasteiger partial charge in [-0.25, -0.2) is 13.6 Å². The number of nitrogens with one attached hydrogen (secondary N) is 2. The van der Waals surface area contributed by atoms with Gasteiger partial charge in [0.15, 0.2) is 11.9 Å². The molecule has 1 aromatic heterocycles. The van der Waals surface area contributed by atoms with Crippen LogP contribution < -0.4 is 15.8 Å². The van der Waals surface area contributed by atoms with Gasteiger partial charge in [0.2, 0.25) is 15.8 Å². The van der Waals surface area contributed by atoms with Gasteiger partial charge >= 0.3 is 0 Å². The van der Waals surface area contributed by atoms with Crippen LogP contribution in [0.15, 0.2) is 82.3 Å². The van der Waals surface area contributed by atoms with Crippen LogP contribution in [-0.2, 0) is 10.0 Å². The molecule has 0 fully saturated rings. The average Bonchev–Trinajstić information content (AvgIpc) is 3.22. The fourth-order valence-corrected chi connectivity index (χ4v) is 2.97. The molecule has 1 atom stereocenters. The zero-order valence-electron chi connectivity index (χ0n) is 14.5. The first-order valence-corrected chi connectivity index (χ1v) is 9.72. The summed E-state index contributed by atoms with van der Waals surface area (Å²) in [4.78, 5) is 25.1. The molecule has 3 rings (SSSR count). The van der Waals surface area contributed by atoms with Gasteiger partial charge < -0.3 is 15.1 Å². The molecule has 0 radical (unpaired) electrons. The van der Waals surface area contributed by atoms with Crippen LogP contribution in [0.5, 0.6) is 0 Å². The second kappa shape index (κ2) is 8.07. The molecule has 0 aliphatic heterocycles. The molecule has 9 heteroatoms. The average molecular weight is 399 g/mol. The molecular formula is C19H17N3O5S. The zero-order valence-corrected chi connectivity index (χ0v) is 15.3. The minimum absolute atomic E-state index is 0.0530. The molecule has 8 nitrogen and oxygen atoms in total. The summed E-state index contributed by atoms with van der Waals surface area (Å²) in [7, 11) is -3.83. The predicted molar refractivity (Wildman–Crippen MR) is 102 cm³/mol. The highest BCUT2D eigenvalue weighted by Crippen LogP contribution is 2.15. The molecule has 3 aromatic rings. The van der Waals surface area contributed by atoms with Crippen molar-refractivity contribution in [3.63, 3.8) is 0 Å². The maximum atomic E-state index is 12.9. The van der Waals surface area contributed by atoms with E-state index >= 15 is 0 Å². The molecule has 2 aromatic carbocycles. The van der Waals surface area contributed by atoms with E-state index in [0.717, 1.165) is 0 Å². The Hall–Kier alpha value is -3.43. The number of rotatable bonds is 7. The first kappa shape index (κ1) is 19.3. The van der Waals surface area contributed by atoms with Crippen molar-refractivity contribution in [3.8, 4) is 0 Å². The largest absolute Gasteiger partial charge is 0.459 e. The lowest BCUT2D eigenvalue weighted by atomic mass is 10.1. The van der Waals surface area contributed by atoms with Gasteiger partial charge in [0, 0.05) is 11.3 Å². The molecule has 0 spiro atoms. The monoisotopic (exact) mass is 399 g/mol. The number of hydrogen-bond acceptors (Lipinski definition) is 6. The number of anilines is 1. The molecule has 1 amide bonds. The van der Waals surface area contributed by atoms with E-state index in [1.54, 1.807) is 36.4 Å². The van der Waals surface area contributed by atoms with E-state index in [1.165, 1.54) is 36.6 Å². The number of amides is 1. The maximum absolute atomic E-state index is 12.9. The summed E-state index contributed by atoms with van der Waals surface area (Å²) in [5, 5.41) is 10.5. The Bertz CT molecular complexity index is 1060. The Morgan fingerprint density at radius 2 is 1.61 bits per heavy atom. The van der Waals surface area contributed by atoms with Crippen LogP contribution >= 0.6 is 0 Å². The first-order chi connectivity index (χ1) is 13.3. The summed E-state index contributed by atoms with van der Waals surface area (Å²) in [5.74, 6) is -0.902. The SMILES string of the molecule is NS(=O)(=O)c1ccc(NC(NC(=O)c2ccco2)C(=O)c2ccccc2)cc1. The number of hydrogen-bond donors (Lipinski definition) is 3. The molecule has 1 unspecified atom stereocenters. The van der Waals surface area contributed by atoms with Crippen molar-refractivity contribution in [1.82, 2.24) is 5.32 Å². The van der Waals surface area contributed by atoms with Gasteiger partial charge in [-0.05, 0) is 36.4 Å². The molecule has 0 aliphatic carbocycles. The molecule has 1 heterocycles. The van der Waals surface area contributed by atoms with Crippen LogP contribution in [0.25, 0.3) is 0 Å². The van der Waals surface area contributed by atoms with Crippen molar-refractivity contribution in [1.29, 1.82) is 0 Å². The first-order valence-electron chi connectivity index (χ1n) is 8.17. The fourth-order valence-electron chi connectivity index (χ4n) is 2.45.